The number of ether oxygens (including phenoxy) is 8. The van der Waals surface area contributed by atoms with Crippen molar-refractivity contribution < 1.29 is 57.1 Å². The van der Waals surface area contributed by atoms with Crippen LogP contribution in [0.5, 0.6) is 46.0 Å². The van der Waals surface area contributed by atoms with E-state index in [2.05, 4.69) is 83.0 Å². The third-order valence-electron chi connectivity index (χ3n) is 23.6. The number of aliphatic imine (C=N–C) groups is 2. The Morgan fingerprint density at radius 2 is 0.783 bits per heavy atom. The summed E-state index contributed by atoms with van der Waals surface area (Å²) >= 11 is 4.68. The molecule has 23 heteroatoms. The summed E-state index contributed by atoms with van der Waals surface area (Å²) in [4.78, 5) is 82.9. The van der Waals surface area contributed by atoms with Crippen LogP contribution < -0.4 is 57.5 Å². The lowest BCUT2D eigenvalue weighted by Gasteiger charge is -2.23. The van der Waals surface area contributed by atoms with E-state index in [1.807, 2.05) is 166 Å². The van der Waals surface area contributed by atoms with Gasteiger partial charge in [0.1, 0.15) is 49.4 Å². The van der Waals surface area contributed by atoms with Gasteiger partial charge in [-0.2, -0.15) is 12.6 Å². The summed E-state index contributed by atoms with van der Waals surface area (Å²) in [6.07, 6.45) is 16.0. The molecule has 0 spiro atoms. The maximum absolute atomic E-state index is 14.0. The molecular weight excluding hydrogens is 1570 g/mol. The standard InChI is InChI=1S/C49H50N4O6S2.C48H48N4O6S/c1-30-19-39-31(15-16-36-20-32-11-6-8-13-42(32)52(36)47(39)54)22-44(30)58-28-34-23-38(57-18-10-17-49(2,3)61-60-5)24-35(51-34)29-59-46-26-41-40(25-45(46)56-4)48(55)53-37(27-50-41)21-33-12-7-9-14-43(33)53;1-29-18-38-30(14-15-35-19-31-10-5-7-12-41(31)51(35)46(38)53)21-43(29)57-27-33-22-37(56-17-9-16-48(2,3)59)23-34(50-33)28-58-45-25-40-39(24-44(45)55-4)47(54)52-36(26-49-40)20-32-11-6-8-13-42(32)52/h6-9,11-14,19,22-27,36-37H,10,15-18,20-21,28-29H2,1-5H3;5-8,10-13,18,21-26,35-36,59H,9,14-17,19-20,27-28H2,1-4H3/t36?,37-;35?,36-/m00/s1. The van der Waals surface area contributed by atoms with Crippen LogP contribution in [0.15, 0.2) is 180 Å². The van der Waals surface area contributed by atoms with E-state index < -0.39 is 0 Å². The van der Waals surface area contributed by atoms with E-state index >= 15 is 0 Å². The van der Waals surface area contributed by atoms with Crippen LogP contribution in [-0.2, 0) is 65.0 Å². The number of amides is 4. The van der Waals surface area contributed by atoms with E-state index in [0.717, 1.165) is 143 Å². The average molecular weight is 1660 g/mol. The number of benzene rings is 8. The third kappa shape index (κ3) is 17.0. The number of pyridine rings is 2. The second kappa shape index (κ2) is 34.5. The lowest BCUT2D eigenvalue weighted by molar-refractivity contribution is 0.0973. The Bertz CT molecular complexity index is 5730. The molecule has 10 aromatic rings. The Morgan fingerprint density at radius 3 is 1.18 bits per heavy atom. The van der Waals surface area contributed by atoms with Gasteiger partial charge in [-0.15, -0.1) is 0 Å². The van der Waals surface area contributed by atoms with Crippen molar-refractivity contribution in [3.05, 3.63) is 259 Å². The number of fused-ring (bicyclic) bond motifs is 16. The summed E-state index contributed by atoms with van der Waals surface area (Å²) in [7, 11) is 6.79. The number of methoxy groups -OCH3 is 2. The zero-order valence-corrected chi connectivity index (χ0v) is 71.6. The molecule has 4 amide bonds. The maximum atomic E-state index is 14.0. The number of aryl methyl sites for hydroxylation is 4. The number of carbonyl (C=O) groups is 4. The van der Waals surface area contributed by atoms with E-state index in [0.29, 0.717) is 106 Å². The summed E-state index contributed by atoms with van der Waals surface area (Å²) < 4.78 is 50.0. The number of nitrogens with zero attached hydrogens (tertiary/aromatic N) is 8. The van der Waals surface area contributed by atoms with Crippen LogP contribution >= 0.6 is 34.2 Å². The van der Waals surface area contributed by atoms with E-state index in [9.17, 15) is 19.2 Å². The Labute approximate surface area is 714 Å². The van der Waals surface area contributed by atoms with Gasteiger partial charge in [-0.25, -0.2) is 0 Å². The van der Waals surface area contributed by atoms with Gasteiger partial charge in [0.15, 0.2) is 23.0 Å². The summed E-state index contributed by atoms with van der Waals surface area (Å²) in [5.74, 6) is 4.38. The highest BCUT2D eigenvalue weighted by Crippen LogP contribution is 2.47. The smallest absolute Gasteiger partial charge is 0.261 e. The lowest BCUT2D eigenvalue weighted by atomic mass is 9.98. The first-order valence-corrected chi connectivity index (χ1v) is 44.3. The zero-order valence-electron chi connectivity index (χ0n) is 69.1. The van der Waals surface area contributed by atoms with Gasteiger partial charge in [-0.1, -0.05) is 108 Å². The molecule has 0 saturated heterocycles. The number of thiol groups is 1. The van der Waals surface area contributed by atoms with Crippen molar-refractivity contribution in [2.75, 3.05) is 53.3 Å². The number of anilines is 4. The Kier molecular flexibility index (Phi) is 23.3. The number of rotatable bonds is 26. The van der Waals surface area contributed by atoms with Gasteiger partial charge in [0.25, 0.3) is 23.6 Å². The normalized spacial score (nSPS) is 17.5. The minimum Gasteiger partial charge on any atom is -0.493 e. The highest BCUT2D eigenvalue weighted by atomic mass is 33.1. The summed E-state index contributed by atoms with van der Waals surface area (Å²) in [5, 5.41) is 0. The number of hydrogen-bond acceptors (Lipinski definition) is 19. The first kappa shape index (κ1) is 81.1. The first-order valence-electron chi connectivity index (χ1n) is 41.3. The predicted octanol–water partition coefficient (Wildman–Crippen LogP) is 19.5. The van der Waals surface area contributed by atoms with Crippen molar-refractivity contribution in [3.63, 3.8) is 0 Å². The number of hydrogen-bond donors (Lipinski definition) is 1. The van der Waals surface area contributed by atoms with Crippen molar-refractivity contribution in [2.24, 2.45) is 9.98 Å². The molecule has 18 rings (SSSR count). The Hall–Kier alpha value is -11.3. The maximum Gasteiger partial charge on any atom is 0.261 e. The van der Waals surface area contributed by atoms with Crippen molar-refractivity contribution >= 4 is 104 Å². The molecule has 2 unspecified atom stereocenters. The van der Waals surface area contributed by atoms with Crippen LogP contribution in [0.3, 0.4) is 0 Å². The van der Waals surface area contributed by atoms with Crippen molar-refractivity contribution in [3.8, 4) is 46.0 Å². The van der Waals surface area contributed by atoms with Crippen LogP contribution in [0, 0.1) is 13.8 Å². The van der Waals surface area contributed by atoms with E-state index in [1.54, 1.807) is 49.3 Å². The van der Waals surface area contributed by atoms with Gasteiger partial charge in [0, 0.05) is 117 Å². The zero-order chi connectivity index (χ0) is 83.1. The first-order chi connectivity index (χ1) is 58.1. The number of carbonyl (C=O) groups excluding carboxylic acids is 4. The van der Waals surface area contributed by atoms with Gasteiger partial charge in [-0.05, 0) is 203 Å². The van der Waals surface area contributed by atoms with Crippen molar-refractivity contribution in [2.45, 2.75) is 179 Å². The molecule has 8 aromatic carbocycles. The molecular formula is C97H98N8O12S3. The Balaban J connectivity index is 0.000000171. The fourth-order valence-corrected chi connectivity index (χ4v) is 20.2. The third-order valence-corrected chi connectivity index (χ3v) is 26.5. The highest BCUT2D eigenvalue weighted by Gasteiger charge is 2.42. The minimum atomic E-state index is -0.165. The molecule has 4 atom stereocenters. The quantitative estimate of drug-likeness (QED) is 0.0304. The van der Waals surface area contributed by atoms with Gasteiger partial charge >= 0.3 is 0 Å². The highest BCUT2D eigenvalue weighted by molar-refractivity contribution is 8.76. The molecule has 20 nitrogen and oxygen atoms in total. The summed E-state index contributed by atoms with van der Waals surface area (Å²) in [6, 6.07) is 55.0. The molecule has 0 radical (unpaired) electrons. The number of para-hydroxylation sites is 4. The van der Waals surface area contributed by atoms with E-state index in [4.69, 9.17) is 57.8 Å². The van der Waals surface area contributed by atoms with Crippen LogP contribution in [0.2, 0.25) is 0 Å². The largest absolute Gasteiger partial charge is 0.493 e. The lowest BCUT2D eigenvalue weighted by Crippen LogP contribution is -2.37. The van der Waals surface area contributed by atoms with Crippen molar-refractivity contribution in [1.29, 1.82) is 0 Å². The molecule has 616 valence electrons. The molecule has 0 bridgehead atoms. The summed E-state index contributed by atoms with van der Waals surface area (Å²) in [5.41, 5.74) is 18.4. The second-order valence-electron chi connectivity index (χ2n) is 33.2. The van der Waals surface area contributed by atoms with Crippen LogP contribution in [0.25, 0.3) is 0 Å². The van der Waals surface area contributed by atoms with Crippen LogP contribution in [-0.4, -0.2) is 113 Å². The molecule has 10 heterocycles. The molecule has 0 saturated carbocycles. The SMILES string of the molecule is COc1cc2c(cc1OCc1cc(OCCCC(C)(C)S)cc(COc3cc4c(cc3C)C(=O)N3c5ccccc5CC3CC4)n1)N=C[C@@H]1Cc3ccccc3N1C2=O.COc1cc2c(cc1OCc1cc(OCCCC(C)(C)SSC)cc(COc3cc4c(cc3C)C(=O)N3c5ccccc5CC3CC4)n1)N=C[C@@H]1Cc3ccccc3N1C2=O. The van der Waals surface area contributed by atoms with Gasteiger partial charge < -0.3 is 47.7 Å². The Morgan fingerprint density at radius 1 is 0.417 bits per heavy atom. The van der Waals surface area contributed by atoms with E-state index in [-0.39, 0.29) is 83.7 Å². The van der Waals surface area contributed by atoms with Gasteiger partial charge in [0.05, 0.1) is 84.8 Å². The molecule has 2 aromatic heterocycles. The van der Waals surface area contributed by atoms with Gasteiger partial charge in [0.2, 0.25) is 0 Å². The minimum absolute atomic E-state index is 0.0511. The topological polar surface area (TPSA) is 206 Å². The molecule has 8 aliphatic rings. The van der Waals surface area contributed by atoms with E-state index in [1.165, 1.54) is 11.1 Å². The molecule has 8 aliphatic heterocycles. The molecule has 0 fully saturated rings. The fraction of sp³-hybridized carbons (Fsp3) is 0.340. The van der Waals surface area contributed by atoms with Crippen LogP contribution in [0.4, 0.5) is 34.1 Å². The summed E-state index contributed by atoms with van der Waals surface area (Å²) in [6.45, 7) is 14.3. The van der Waals surface area contributed by atoms with Crippen LogP contribution in [0.1, 0.15) is 175 Å². The number of aromatic nitrogens is 2. The average Bonchev–Trinajstić information content (AvgIpc) is 1.62. The molecule has 0 aliphatic carbocycles. The second-order valence-corrected chi connectivity index (χ2v) is 37.5. The predicted molar refractivity (Wildman–Crippen MR) is 478 cm³/mol. The molecule has 0 N–H and O–H groups in total. The van der Waals surface area contributed by atoms with Gasteiger partial charge in [-0.3, -0.25) is 48.9 Å². The fourth-order valence-electron chi connectivity index (χ4n) is 17.8. The monoisotopic (exact) mass is 1660 g/mol. The molecule has 120 heavy (non-hydrogen) atoms. The van der Waals surface area contributed by atoms with Crippen molar-refractivity contribution in [1.82, 2.24) is 9.97 Å².